The molecule has 1 aliphatic heterocycles. The highest BCUT2D eigenvalue weighted by molar-refractivity contribution is 7.92. The fourth-order valence-electron chi connectivity index (χ4n) is 4.41. The van der Waals surface area contributed by atoms with Gasteiger partial charge in [-0.1, -0.05) is 47.5 Å². The lowest BCUT2D eigenvalue weighted by Gasteiger charge is -2.48. The summed E-state index contributed by atoms with van der Waals surface area (Å²) in [7, 11) is -4.18. The van der Waals surface area contributed by atoms with Gasteiger partial charge in [-0.25, -0.2) is 8.42 Å². The molecule has 1 heterocycles. The lowest BCUT2D eigenvalue weighted by Crippen LogP contribution is -2.58. The lowest BCUT2D eigenvalue weighted by atomic mass is 9.89. The van der Waals surface area contributed by atoms with Crippen LogP contribution in [-0.4, -0.2) is 59.1 Å². The second-order valence-corrected chi connectivity index (χ2v) is 14.0. The van der Waals surface area contributed by atoms with Crippen molar-refractivity contribution in [2.75, 3.05) is 5.75 Å². The molecule has 1 aliphatic rings. The predicted octanol–water partition coefficient (Wildman–Crippen LogP) is 6.01. The maximum Gasteiger partial charge on any atom is 0.391 e. The Morgan fingerprint density at radius 2 is 1.67 bits per heavy atom. The highest BCUT2D eigenvalue weighted by Gasteiger charge is 2.51. The van der Waals surface area contributed by atoms with Crippen molar-refractivity contribution >= 4 is 44.9 Å². The highest BCUT2D eigenvalue weighted by Crippen LogP contribution is 2.46. The van der Waals surface area contributed by atoms with Crippen LogP contribution in [0.15, 0.2) is 48.5 Å². The van der Waals surface area contributed by atoms with Gasteiger partial charge in [0.05, 0.1) is 35.4 Å². The molecule has 0 radical (unpaired) electrons. The van der Waals surface area contributed by atoms with Crippen molar-refractivity contribution in [1.82, 2.24) is 4.90 Å². The molecule has 0 saturated carbocycles. The summed E-state index contributed by atoms with van der Waals surface area (Å²) in [6.07, 6.45) is -10.2. The number of benzene rings is 2. The first-order valence-electron chi connectivity index (χ1n) is 11.9. The molecule has 0 bridgehead atoms. The normalized spacial score (nSPS) is 21.6. The molecule has 3 rings (SSSR count). The number of carbonyl (C=O) groups excluding carboxylic acids is 1. The van der Waals surface area contributed by atoms with Gasteiger partial charge in [-0.3, -0.25) is 9.59 Å². The van der Waals surface area contributed by atoms with E-state index in [1.165, 1.54) is 51.1 Å². The van der Waals surface area contributed by atoms with Crippen LogP contribution in [-0.2, 0) is 24.2 Å². The molecule has 13 heteroatoms. The second-order valence-electron chi connectivity index (χ2n) is 10.3. The van der Waals surface area contributed by atoms with E-state index in [1.54, 1.807) is 18.2 Å². The van der Waals surface area contributed by atoms with Crippen molar-refractivity contribution < 1.29 is 41.0 Å². The summed E-state index contributed by atoms with van der Waals surface area (Å²) in [5.41, 5.74) is 0.673. The van der Waals surface area contributed by atoms with Gasteiger partial charge in [0.1, 0.15) is 12.2 Å². The van der Waals surface area contributed by atoms with E-state index in [4.69, 9.17) is 27.9 Å². The number of nitrogens with zero attached hydrogens (tertiary/aromatic N) is 1. The number of carboxylic acid groups (broad SMARTS) is 1. The van der Waals surface area contributed by atoms with Crippen LogP contribution in [0.2, 0.25) is 10.0 Å². The smallest absolute Gasteiger partial charge is 0.391 e. The minimum Gasteiger partial charge on any atom is -0.481 e. The SMILES string of the molecule is CC(C)(C)S(=O)(=O)C[C@H](CC(F)(F)F)N1C(=O)[C@@H](CC(=O)O)O[C@H](c2cccc(Cl)c2)[C@H]1c1ccc(Cl)cc1. The standard InChI is InChI=1S/C26H28Cl2F3NO6S/c1-25(2,3)39(36,37)14-19(13-26(29,30)31)32-22(15-7-9-17(27)10-8-15)23(16-5-4-6-18(28)11-16)38-20(24(32)35)12-21(33)34/h4-11,19-20,22-23H,12-14H2,1-3H3,(H,33,34)/t19-,20+,22+,23+/m0/s1. The maximum atomic E-state index is 13.9. The van der Waals surface area contributed by atoms with Crippen LogP contribution in [0.3, 0.4) is 0 Å². The average molecular weight is 610 g/mol. The Hall–Kier alpha value is -2.34. The number of carbonyl (C=O) groups is 2. The first-order chi connectivity index (χ1) is 17.9. The van der Waals surface area contributed by atoms with Crippen molar-refractivity contribution in [2.24, 2.45) is 0 Å². The molecule has 0 spiro atoms. The molecule has 4 atom stereocenters. The van der Waals surface area contributed by atoms with Crippen LogP contribution >= 0.6 is 23.2 Å². The van der Waals surface area contributed by atoms with Gasteiger partial charge in [0, 0.05) is 10.0 Å². The monoisotopic (exact) mass is 609 g/mol. The van der Waals surface area contributed by atoms with Gasteiger partial charge in [0.25, 0.3) is 5.91 Å². The zero-order valence-electron chi connectivity index (χ0n) is 21.3. The third kappa shape index (κ3) is 7.65. The summed E-state index contributed by atoms with van der Waals surface area (Å²) in [4.78, 5) is 26.2. The Morgan fingerprint density at radius 1 is 1.05 bits per heavy atom. The minimum absolute atomic E-state index is 0.270. The number of morpholine rings is 1. The van der Waals surface area contributed by atoms with E-state index in [-0.39, 0.29) is 5.02 Å². The van der Waals surface area contributed by atoms with Crippen LogP contribution in [0, 0.1) is 0 Å². The molecular formula is C26H28Cl2F3NO6S. The lowest BCUT2D eigenvalue weighted by molar-refractivity contribution is -0.191. The number of rotatable bonds is 8. The van der Waals surface area contributed by atoms with Crippen molar-refractivity contribution in [1.29, 1.82) is 0 Å². The molecular weight excluding hydrogens is 582 g/mol. The number of amides is 1. The molecule has 0 aromatic heterocycles. The summed E-state index contributed by atoms with van der Waals surface area (Å²) >= 11 is 12.2. The van der Waals surface area contributed by atoms with Crippen molar-refractivity contribution in [3.05, 3.63) is 69.7 Å². The molecule has 1 fully saturated rings. The second kappa shape index (κ2) is 11.6. The molecule has 214 valence electrons. The summed E-state index contributed by atoms with van der Waals surface area (Å²) < 4.78 is 72.7. The zero-order valence-corrected chi connectivity index (χ0v) is 23.6. The van der Waals surface area contributed by atoms with Crippen molar-refractivity contribution in [3.8, 4) is 0 Å². The molecule has 1 N–H and O–H groups in total. The van der Waals surface area contributed by atoms with Crippen LogP contribution in [0.1, 0.15) is 56.9 Å². The Bertz CT molecular complexity index is 1310. The van der Waals surface area contributed by atoms with Crippen LogP contribution in [0.5, 0.6) is 0 Å². The fourth-order valence-corrected chi connectivity index (χ4v) is 6.02. The number of ether oxygens (including phenoxy) is 1. The number of alkyl halides is 3. The zero-order chi connectivity index (χ0) is 29.3. The van der Waals surface area contributed by atoms with Gasteiger partial charge >= 0.3 is 12.1 Å². The van der Waals surface area contributed by atoms with Crippen LogP contribution < -0.4 is 0 Å². The number of halogens is 5. The molecule has 1 saturated heterocycles. The van der Waals surface area contributed by atoms with E-state index in [9.17, 15) is 36.3 Å². The molecule has 7 nitrogen and oxygen atoms in total. The quantitative estimate of drug-likeness (QED) is 0.393. The third-order valence-electron chi connectivity index (χ3n) is 6.38. The Kier molecular flexibility index (Phi) is 9.31. The summed E-state index contributed by atoms with van der Waals surface area (Å²) in [5.74, 6) is -3.49. The minimum atomic E-state index is -4.85. The van der Waals surface area contributed by atoms with Crippen LogP contribution in [0.25, 0.3) is 0 Å². The third-order valence-corrected chi connectivity index (χ3v) is 9.56. The van der Waals surface area contributed by atoms with E-state index < -0.39 is 75.5 Å². The molecule has 1 amide bonds. The van der Waals surface area contributed by atoms with Crippen molar-refractivity contribution in [2.45, 2.75) is 68.8 Å². The summed E-state index contributed by atoms with van der Waals surface area (Å²) in [5, 5.41) is 10.0. The topological polar surface area (TPSA) is 101 Å². The van der Waals surface area contributed by atoms with Gasteiger partial charge < -0.3 is 14.7 Å². The highest BCUT2D eigenvalue weighted by atomic mass is 35.5. The predicted molar refractivity (Wildman–Crippen MR) is 140 cm³/mol. The summed E-state index contributed by atoms with van der Waals surface area (Å²) in [6.45, 7) is 4.06. The number of aliphatic carboxylic acids is 1. The van der Waals surface area contributed by atoms with Crippen molar-refractivity contribution in [3.63, 3.8) is 0 Å². The van der Waals surface area contributed by atoms with Gasteiger partial charge in [-0.2, -0.15) is 13.2 Å². The Labute approximate surface area is 234 Å². The van der Waals surface area contributed by atoms with Gasteiger partial charge in [0.15, 0.2) is 9.84 Å². The molecule has 2 aromatic rings. The molecule has 0 unspecified atom stereocenters. The molecule has 39 heavy (non-hydrogen) atoms. The summed E-state index contributed by atoms with van der Waals surface area (Å²) in [6, 6.07) is 9.00. The molecule has 2 aromatic carbocycles. The van der Waals surface area contributed by atoms with E-state index in [1.807, 2.05) is 0 Å². The van der Waals surface area contributed by atoms with Gasteiger partial charge in [-0.05, 0) is 56.2 Å². The first kappa shape index (κ1) is 31.2. The van der Waals surface area contributed by atoms with E-state index in [0.717, 1.165) is 4.90 Å². The Balaban J connectivity index is 2.29. The first-order valence-corrected chi connectivity index (χ1v) is 14.3. The van der Waals surface area contributed by atoms with E-state index >= 15 is 0 Å². The largest absolute Gasteiger partial charge is 0.481 e. The fraction of sp³-hybridized carbons (Fsp3) is 0.462. The van der Waals surface area contributed by atoms with E-state index in [0.29, 0.717) is 16.1 Å². The average Bonchev–Trinajstić information content (AvgIpc) is 2.78. The number of carboxylic acids is 1. The van der Waals surface area contributed by atoms with E-state index in [2.05, 4.69) is 0 Å². The molecule has 0 aliphatic carbocycles. The maximum absolute atomic E-state index is 13.9. The van der Waals surface area contributed by atoms with Gasteiger partial charge in [0.2, 0.25) is 0 Å². The number of hydrogen-bond donors (Lipinski definition) is 1. The van der Waals surface area contributed by atoms with Gasteiger partial charge in [-0.15, -0.1) is 0 Å². The number of hydrogen-bond acceptors (Lipinski definition) is 5. The number of sulfone groups is 1. The van der Waals surface area contributed by atoms with Crippen LogP contribution in [0.4, 0.5) is 13.2 Å². The Morgan fingerprint density at radius 3 is 2.18 bits per heavy atom.